The van der Waals surface area contributed by atoms with Crippen LogP contribution in [0.25, 0.3) is 11.4 Å². The van der Waals surface area contributed by atoms with Crippen LogP contribution in [0.1, 0.15) is 16.1 Å². The zero-order valence-corrected chi connectivity index (χ0v) is 15.6. The van der Waals surface area contributed by atoms with Crippen LogP contribution in [0.4, 0.5) is 0 Å². The predicted octanol–water partition coefficient (Wildman–Crippen LogP) is 3.12. The van der Waals surface area contributed by atoms with Crippen molar-refractivity contribution in [1.82, 2.24) is 19.9 Å². The first-order valence-electron chi connectivity index (χ1n) is 7.80. The molecule has 7 nitrogen and oxygen atoms in total. The topological polar surface area (TPSA) is 99.2 Å². The summed E-state index contributed by atoms with van der Waals surface area (Å²) in [4.78, 5) is 36.6. The van der Waals surface area contributed by atoms with E-state index in [2.05, 4.69) is 15.0 Å². The minimum Gasteiger partial charge on any atom is -0.501 e. The van der Waals surface area contributed by atoms with Crippen LogP contribution >= 0.6 is 23.2 Å². The van der Waals surface area contributed by atoms with Crippen molar-refractivity contribution in [2.75, 3.05) is 7.05 Å². The summed E-state index contributed by atoms with van der Waals surface area (Å²) in [6, 6.07) is 8.33. The van der Waals surface area contributed by atoms with E-state index >= 15 is 0 Å². The number of rotatable bonds is 4. The van der Waals surface area contributed by atoms with E-state index in [4.69, 9.17) is 23.2 Å². The second kappa shape index (κ2) is 7.77. The fraction of sp³-hybridized carbons (Fsp3) is 0.111. The second-order valence-electron chi connectivity index (χ2n) is 5.76. The quantitative estimate of drug-likeness (QED) is 0.695. The lowest BCUT2D eigenvalue weighted by molar-refractivity contribution is 0.0775. The molecule has 1 amide bonds. The number of halogens is 2. The van der Waals surface area contributed by atoms with E-state index in [1.54, 1.807) is 36.5 Å². The molecule has 138 valence electrons. The van der Waals surface area contributed by atoms with Crippen LogP contribution in [0.2, 0.25) is 10.0 Å². The fourth-order valence-electron chi connectivity index (χ4n) is 2.42. The molecule has 2 N–H and O–H groups in total. The number of aromatic amines is 1. The number of aromatic hydroxyl groups is 1. The van der Waals surface area contributed by atoms with E-state index < -0.39 is 17.2 Å². The minimum atomic E-state index is -0.810. The van der Waals surface area contributed by atoms with Gasteiger partial charge in [0, 0.05) is 31.5 Å². The Morgan fingerprint density at radius 2 is 2.04 bits per heavy atom. The molecular weight excluding hydrogens is 391 g/mol. The minimum absolute atomic E-state index is 0.136. The Bertz CT molecular complexity index is 1050. The summed E-state index contributed by atoms with van der Waals surface area (Å²) in [5.41, 5.74) is 0.0863. The van der Waals surface area contributed by atoms with E-state index in [1.165, 1.54) is 18.1 Å². The summed E-state index contributed by atoms with van der Waals surface area (Å²) >= 11 is 11.9. The van der Waals surface area contributed by atoms with Crippen LogP contribution in [0.5, 0.6) is 5.75 Å². The van der Waals surface area contributed by atoms with Gasteiger partial charge in [-0.15, -0.1) is 0 Å². The molecule has 0 aliphatic heterocycles. The third kappa shape index (κ3) is 4.10. The number of nitrogens with one attached hydrogen (secondary N) is 1. The smallest absolute Gasteiger partial charge is 0.294 e. The molecule has 0 aliphatic carbocycles. The number of carbonyl (C=O) groups is 1. The molecule has 3 aromatic rings. The highest BCUT2D eigenvalue weighted by molar-refractivity contribution is 6.42. The molecule has 2 heterocycles. The normalized spacial score (nSPS) is 10.6. The van der Waals surface area contributed by atoms with Gasteiger partial charge in [-0.2, -0.15) is 0 Å². The molecule has 0 radical (unpaired) electrons. The lowest BCUT2D eigenvalue weighted by atomic mass is 10.2. The van der Waals surface area contributed by atoms with E-state index in [0.717, 1.165) is 5.56 Å². The molecular formula is C18H14Cl2N4O3. The van der Waals surface area contributed by atoms with Gasteiger partial charge in [-0.3, -0.25) is 14.6 Å². The van der Waals surface area contributed by atoms with Crippen LogP contribution < -0.4 is 5.56 Å². The van der Waals surface area contributed by atoms with E-state index in [1.807, 2.05) is 0 Å². The molecule has 1 aromatic carbocycles. The van der Waals surface area contributed by atoms with Crippen molar-refractivity contribution in [3.8, 4) is 17.1 Å². The first-order chi connectivity index (χ1) is 12.9. The molecule has 0 saturated carbocycles. The number of H-pyrrole nitrogens is 1. The highest BCUT2D eigenvalue weighted by atomic mass is 35.5. The van der Waals surface area contributed by atoms with Crippen LogP contribution in [0.3, 0.4) is 0 Å². The average Bonchev–Trinajstić information content (AvgIpc) is 2.67. The monoisotopic (exact) mass is 404 g/mol. The van der Waals surface area contributed by atoms with Crippen molar-refractivity contribution in [2.24, 2.45) is 0 Å². The Morgan fingerprint density at radius 1 is 1.26 bits per heavy atom. The molecule has 0 fully saturated rings. The van der Waals surface area contributed by atoms with E-state index in [0.29, 0.717) is 15.6 Å². The lowest BCUT2D eigenvalue weighted by Gasteiger charge is -2.18. The molecule has 9 heteroatoms. The van der Waals surface area contributed by atoms with Gasteiger partial charge in [0.1, 0.15) is 5.82 Å². The predicted molar refractivity (Wildman–Crippen MR) is 102 cm³/mol. The number of pyridine rings is 1. The van der Waals surface area contributed by atoms with Crippen molar-refractivity contribution in [2.45, 2.75) is 6.54 Å². The fourth-order valence-corrected chi connectivity index (χ4v) is 2.74. The summed E-state index contributed by atoms with van der Waals surface area (Å²) in [5, 5.41) is 10.8. The van der Waals surface area contributed by atoms with Crippen molar-refractivity contribution in [3.05, 3.63) is 74.4 Å². The molecule has 27 heavy (non-hydrogen) atoms. The highest BCUT2D eigenvalue weighted by Crippen LogP contribution is 2.24. The van der Waals surface area contributed by atoms with Gasteiger partial charge in [-0.25, -0.2) is 4.98 Å². The molecule has 0 spiro atoms. The Kier molecular flexibility index (Phi) is 5.43. The molecule has 0 unspecified atom stereocenters. The zero-order chi connectivity index (χ0) is 19.6. The van der Waals surface area contributed by atoms with E-state index in [9.17, 15) is 14.7 Å². The number of aromatic nitrogens is 3. The Balaban J connectivity index is 1.92. The third-order valence-electron chi connectivity index (χ3n) is 3.78. The maximum atomic E-state index is 12.7. The third-order valence-corrected chi connectivity index (χ3v) is 4.52. The Morgan fingerprint density at radius 3 is 2.70 bits per heavy atom. The molecule has 2 aromatic heterocycles. The van der Waals surface area contributed by atoms with Gasteiger partial charge in [0.2, 0.25) is 5.75 Å². The number of nitrogens with zero attached hydrogens (tertiary/aromatic N) is 3. The first kappa shape index (κ1) is 18.9. The van der Waals surface area contributed by atoms with E-state index in [-0.39, 0.29) is 18.1 Å². The van der Waals surface area contributed by atoms with Crippen molar-refractivity contribution in [1.29, 1.82) is 0 Å². The number of carbonyl (C=O) groups excluding carboxylic acids is 1. The van der Waals surface area contributed by atoms with Crippen LogP contribution in [-0.2, 0) is 6.54 Å². The SMILES string of the molecule is CN(Cc1ccc(Cl)c(Cl)c1)C(=O)c1nc(-c2cccnc2)[nH]c(=O)c1O. The van der Waals surface area contributed by atoms with Gasteiger partial charge < -0.3 is 15.0 Å². The Hall–Kier alpha value is -2.90. The number of hydrogen-bond donors (Lipinski definition) is 2. The molecule has 0 atom stereocenters. The van der Waals surface area contributed by atoms with Gasteiger partial charge in [0.05, 0.1) is 10.0 Å². The molecule has 3 rings (SSSR count). The summed E-state index contributed by atoms with van der Waals surface area (Å²) in [5.74, 6) is -1.22. The van der Waals surface area contributed by atoms with Crippen LogP contribution in [-0.4, -0.2) is 37.9 Å². The summed E-state index contributed by atoms with van der Waals surface area (Å²) in [7, 11) is 1.52. The van der Waals surface area contributed by atoms with Gasteiger partial charge in [0.25, 0.3) is 11.5 Å². The van der Waals surface area contributed by atoms with Gasteiger partial charge in [-0.1, -0.05) is 29.3 Å². The van der Waals surface area contributed by atoms with Gasteiger partial charge in [0.15, 0.2) is 5.69 Å². The maximum absolute atomic E-state index is 12.7. The number of benzene rings is 1. The summed E-state index contributed by atoms with van der Waals surface area (Å²) in [6.45, 7) is 0.186. The average molecular weight is 405 g/mol. The highest BCUT2D eigenvalue weighted by Gasteiger charge is 2.22. The zero-order valence-electron chi connectivity index (χ0n) is 14.1. The largest absolute Gasteiger partial charge is 0.501 e. The molecule has 0 aliphatic rings. The summed E-state index contributed by atoms with van der Waals surface area (Å²) < 4.78 is 0. The van der Waals surface area contributed by atoms with Gasteiger partial charge in [-0.05, 0) is 29.8 Å². The van der Waals surface area contributed by atoms with Crippen LogP contribution in [0, 0.1) is 0 Å². The standard InChI is InChI=1S/C18H14Cl2N4O3/c1-24(9-10-4-5-12(19)13(20)7-10)18(27)14-15(25)17(26)23-16(22-14)11-3-2-6-21-8-11/h2-8,25H,9H2,1H3,(H,22,23,26). The lowest BCUT2D eigenvalue weighted by Crippen LogP contribution is -2.29. The van der Waals surface area contributed by atoms with Crippen molar-refractivity contribution in [3.63, 3.8) is 0 Å². The number of amides is 1. The second-order valence-corrected chi connectivity index (χ2v) is 6.58. The Labute approximate surface area is 164 Å². The number of hydrogen-bond acceptors (Lipinski definition) is 5. The summed E-state index contributed by atoms with van der Waals surface area (Å²) in [6.07, 6.45) is 3.06. The van der Waals surface area contributed by atoms with Crippen molar-refractivity contribution < 1.29 is 9.90 Å². The maximum Gasteiger partial charge on any atom is 0.294 e. The molecule has 0 saturated heterocycles. The van der Waals surface area contributed by atoms with Crippen LogP contribution in [0.15, 0.2) is 47.5 Å². The van der Waals surface area contributed by atoms with Gasteiger partial charge >= 0.3 is 0 Å². The first-order valence-corrected chi connectivity index (χ1v) is 8.55. The molecule has 0 bridgehead atoms. The van der Waals surface area contributed by atoms with Crippen molar-refractivity contribution >= 4 is 29.1 Å².